The molecule has 3 rings (SSSR count). The Hall–Kier alpha value is -0.380. The van der Waals surface area contributed by atoms with Crippen molar-refractivity contribution in [3.05, 3.63) is 21.9 Å². The Morgan fingerprint density at radius 3 is 3.26 bits per heavy atom. The molecule has 0 bridgehead atoms. The first-order valence-electron chi connectivity index (χ1n) is 7.83. The predicted octanol–water partition coefficient (Wildman–Crippen LogP) is 3.45. The Kier molecular flexibility index (Phi) is 4.25. The van der Waals surface area contributed by atoms with Crippen molar-refractivity contribution in [2.45, 2.75) is 51.6 Å². The maximum Gasteiger partial charge on any atom is 0.0360 e. The van der Waals surface area contributed by atoms with Gasteiger partial charge < -0.3 is 5.32 Å². The summed E-state index contributed by atoms with van der Waals surface area (Å²) in [7, 11) is 0. The molecule has 2 aliphatic rings. The molecular weight excluding hydrogens is 252 g/mol. The van der Waals surface area contributed by atoms with Gasteiger partial charge in [-0.1, -0.05) is 20.3 Å². The molecule has 1 saturated heterocycles. The van der Waals surface area contributed by atoms with E-state index in [1.54, 1.807) is 10.4 Å². The molecule has 3 heteroatoms. The second kappa shape index (κ2) is 5.94. The van der Waals surface area contributed by atoms with Crippen LogP contribution in [0, 0.1) is 5.92 Å². The maximum atomic E-state index is 3.72. The van der Waals surface area contributed by atoms with Crippen molar-refractivity contribution in [3.8, 4) is 0 Å². The summed E-state index contributed by atoms with van der Waals surface area (Å²) in [5.74, 6) is 0.785. The Labute approximate surface area is 121 Å². The smallest absolute Gasteiger partial charge is 0.0360 e. The number of nitrogens with one attached hydrogen (secondary N) is 1. The molecule has 1 aromatic rings. The highest BCUT2D eigenvalue weighted by Gasteiger charge is 2.31. The molecule has 0 radical (unpaired) electrons. The van der Waals surface area contributed by atoms with Crippen LogP contribution < -0.4 is 5.32 Å². The van der Waals surface area contributed by atoms with Crippen LogP contribution in [0.5, 0.6) is 0 Å². The zero-order valence-corrected chi connectivity index (χ0v) is 13.0. The summed E-state index contributed by atoms with van der Waals surface area (Å²) >= 11 is 1.96. The summed E-state index contributed by atoms with van der Waals surface area (Å²) in [5.41, 5.74) is 1.64. The van der Waals surface area contributed by atoms with Crippen molar-refractivity contribution >= 4 is 11.3 Å². The van der Waals surface area contributed by atoms with Crippen LogP contribution in [0.25, 0.3) is 0 Å². The van der Waals surface area contributed by atoms with Gasteiger partial charge in [-0.3, -0.25) is 4.90 Å². The monoisotopic (exact) mass is 278 g/mol. The van der Waals surface area contributed by atoms with Crippen LogP contribution in [0.3, 0.4) is 0 Å². The van der Waals surface area contributed by atoms with E-state index in [0.29, 0.717) is 12.1 Å². The lowest BCUT2D eigenvalue weighted by Crippen LogP contribution is -2.54. The number of rotatable bonds is 3. The molecule has 3 unspecified atom stereocenters. The van der Waals surface area contributed by atoms with Crippen molar-refractivity contribution in [1.29, 1.82) is 0 Å². The summed E-state index contributed by atoms with van der Waals surface area (Å²) in [5, 5.41) is 6.01. The molecule has 1 aliphatic heterocycles. The van der Waals surface area contributed by atoms with E-state index in [1.807, 2.05) is 11.3 Å². The van der Waals surface area contributed by atoms with Gasteiger partial charge in [-0.15, -0.1) is 11.3 Å². The fraction of sp³-hybridized carbons (Fsp3) is 0.750. The Morgan fingerprint density at radius 2 is 2.42 bits per heavy atom. The number of fused-ring (bicyclic) bond motifs is 1. The molecule has 0 spiro atoms. The number of piperazine rings is 1. The highest BCUT2D eigenvalue weighted by atomic mass is 32.1. The number of thiophene rings is 1. The highest BCUT2D eigenvalue weighted by Crippen LogP contribution is 2.37. The minimum absolute atomic E-state index is 0.683. The third kappa shape index (κ3) is 2.74. The minimum Gasteiger partial charge on any atom is -0.311 e. The molecule has 19 heavy (non-hydrogen) atoms. The second-order valence-corrected chi connectivity index (χ2v) is 7.15. The SMILES string of the molecule is CCC(C)C1CN(C2CCCc3sccc32)CCN1. The van der Waals surface area contributed by atoms with Crippen LogP contribution in [0.1, 0.15) is 49.6 Å². The number of hydrogen-bond acceptors (Lipinski definition) is 3. The zero-order valence-electron chi connectivity index (χ0n) is 12.2. The first-order valence-corrected chi connectivity index (χ1v) is 8.71. The van der Waals surface area contributed by atoms with Gasteiger partial charge in [0.25, 0.3) is 0 Å². The van der Waals surface area contributed by atoms with Crippen LogP contribution in [0.2, 0.25) is 0 Å². The Balaban J connectivity index is 1.73. The van der Waals surface area contributed by atoms with E-state index >= 15 is 0 Å². The lowest BCUT2D eigenvalue weighted by atomic mass is 9.90. The van der Waals surface area contributed by atoms with Crippen LogP contribution in [-0.2, 0) is 6.42 Å². The lowest BCUT2D eigenvalue weighted by molar-refractivity contribution is 0.112. The molecule has 1 aromatic heterocycles. The lowest BCUT2D eigenvalue weighted by Gasteiger charge is -2.42. The zero-order chi connectivity index (χ0) is 13.2. The predicted molar refractivity (Wildman–Crippen MR) is 82.8 cm³/mol. The Morgan fingerprint density at radius 1 is 1.53 bits per heavy atom. The van der Waals surface area contributed by atoms with Crippen molar-refractivity contribution < 1.29 is 0 Å². The molecule has 3 atom stereocenters. The van der Waals surface area contributed by atoms with E-state index in [4.69, 9.17) is 0 Å². The molecule has 0 amide bonds. The van der Waals surface area contributed by atoms with Gasteiger partial charge in [-0.2, -0.15) is 0 Å². The summed E-state index contributed by atoms with van der Waals surface area (Å²) in [6.45, 7) is 8.30. The van der Waals surface area contributed by atoms with Gasteiger partial charge >= 0.3 is 0 Å². The van der Waals surface area contributed by atoms with Gasteiger partial charge in [0.1, 0.15) is 0 Å². The van der Waals surface area contributed by atoms with Gasteiger partial charge in [0.05, 0.1) is 0 Å². The number of nitrogens with zero attached hydrogens (tertiary/aromatic N) is 1. The van der Waals surface area contributed by atoms with E-state index in [1.165, 1.54) is 38.8 Å². The largest absolute Gasteiger partial charge is 0.311 e. The molecule has 0 aromatic carbocycles. The highest BCUT2D eigenvalue weighted by molar-refractivity contribution is 7.10. The van der Waals surface area contributed by atoms with E-state index in [2.05, 4.69) is 35.5 Å². The average Bonchev–Trinajstić information content (AvgIpc) is 2.94. The average molecular weight is 278 g/mol. The van der Waals surface area contributed by atoms with Gasteiger partial charge in [-0.25, -0.2) is 0 Å². The summed E-state index contributed by atoms with van der Waals surface area (Å²) in [6, 6.07) is 3.76. The number of hydrogen-bond donors (Lipinski definition) is 1. The standard InChI is InChI=1S/C16H26N2S/c1-3-12(2)14-11-18(9-8-17-14)15-5-4-6-16-13(15)7-10-19-16/h7,10,12,14-15,17H,3-6,8-9,11H2,1-2H3. The van der Waals surface area contributed by atoms with Crippen molar-refractivity contribution in [2.75, 3.05) is 19.6 Å². The normalized spacial score (nSPS) is 30.0. The Bertz CT molecular complexity index is 415. The molecule has 1 aliphatic carbocycles. The molecule has 106 valence electrons. The first-order chi connectivity index (χ1) is 9.29. The van der Waals surface area contributed by atoms with Crippen LogP contribution in [0.15, 0.2) is 11.4 Å². The molecule has 2 heterocycles. The molecule has 2 nitrogen and oxygen atoms in total. The fourth-order valence-corrected chi connectivity index (χ4v) is 4.57. The van der Waals surface area contributed by atoms with Gasteiger partial charge in [0.15, 0.2) is 0 Å². The van der Waals surface area contributed by atoms with E-state index in [0.717, 1.165) is 12.5 Å². The summed E-state index contributed by atoms with van der Waals surface area (Å²) in [4.78, 5) is 4.40. The van der Waals surface area contributed by atoms with Crippen LogP contribution in [0.4, 0.5) is 0 Å². The van der Waals surface area contributed by atoms with E-state index < -0.39 is 0 Å². The van der Waals surface area contributed by atoms with Gasteiger partial charge in [0, 0.05) is 36.6 Å². The summed E-state index contributed by atoms with van der Waals surface area (Å²) in [6.07, 6.45) is 5.32. The van der Waals surface area contributed by atoms with Gasteiger partial charge in [-0.05, 0) is 42.2 Å². The van der Waals surface area contributed by atoms with Crippen molar-refractivity contribution in [1.82, 2.24) is 10.2 Å². The molecular formula is C16H26N2S. The van der Waals surface area contributed by atoms with Crippen LogP contribution in [-0.4, -0.2) is 30.6 Å². The third-order valence-corrected chi connectivity index (χ3v) is 6.03. The topological polar surface area (TPSA) is 15.3 Å². The second-order valence-electron chi connectivity index (χ2n) is 6.15. The van der Waals surface area contributed by atoms with E-state index in [-0.39, 0.29) is 0 Å². The van der Waals surface area contributed by atoms with Crippen molar-refractivity contribution in [2.24, 2.45) is 5.92 Å². The molecule has 1 N–H and O–H groups in total. The van der Waals surface area contributed by atoms with Crippen molar-refractivity contribution in [3.63, 3.8) is 0 Å². The maximum absolute atomic E-state index is 3.72. The molecule has 1 fully saturated rings. The summed E-state index contributed by atoms with van der Waals surface area (Å²) < 4.78 is 0. The quantitative estimate of drug-likeness (QED) is 0.911. The van der Waals surface area contributed by atoms with Gasteiger partial charge in [0.2, 0.25) is 0 Å². The molecule has 0 saturated carbocycles. The van der Waals surface area contributed by atoms with Crippen LogP contribution >= 0.6 is 11.3 Å². The number of aryl methyl sites for hydroxylation is 1. The third-order valence-electron chi connectivity index (χ3n) is 5.03. The minimum atomic E-state index is 0.683. The fourth-order valence-electron chi connectivity index (χ4n) is 3.59. The van der Waals surface area contributed by atoms with E-state index in [9.17, 15) is 0 Å². The first kappa shape index (κ1) is 13.6.